The van der Waals surface area contributed by atoms with Crippen LogP contribution in [0.2, 0.25) is 0 Å². The summed E-state index contributed by atoms with van der Waals surface area (Å²) in [5.41, 5.74) is 0.622. The molecule has 0 amide bonds. The topological polar surface area (TPSA) is 25.2 Å². The summed E-state index contributed by atoms with van der Waals surface area (Å²) < 4.78 is 31.1. The predicted molar refractivity (Wildman–Crippen MR) is 56.0 cm³/mol. The van der Waals surface area contributed by atoms with E-state index in [-0.39, 0.29) is 6.04 Å². The molecule has 1 aromatic heterocycles. The number of rotatable bonds is 3. The molecule has 1 N–H and O–H groups in total. The third-order valence-electron chi connectivity index (χ3n) is 2.39. The zero-order valence-corrected chi connectivity index (χ0v) is 8.71. The molecule has 2 rings (SSSR count). The van der Waals surface area contributed by atoms with Gasteiger partial charge in [0.15, 0.2) is 11.6 Å². The first-order valence-electron chi connectivity index (χ1n) is 4.88. The number of hydrogen-bond acceptors (Lipinski definition) is 2. The van der Waals surface area contributed by atoms with Crippen molar-refractivity contribution in [2.75, 3.05) is 7.05 Å². The maximum atomic E-state index is 13.1. The summed E-state index contributed by atoms with van der Waals surface area (Å²) in [6, 6.07) is 7.06. The quantitative estimate of drug-likeness (QED) is 0.865. The molecule has 0 spiro atoms. The van der Waals surface area contributed by atoms with Crippen molar-refractivity contribution in [1.29, 1.82) is 0 Å². The van der Waals surface area contributed by atoms with Crippen molar-refractivity contribution < 1.29 is 13.2 Å². The van der Waals surface area contributed by atoms with Gasteiger partial charge in [-0.15, -0.1) is 0 Å². The fourth-order valence-corrected chi connectivity index (χ4v) is 1.62. The molecule has 16 heavy (non-hydrogen) atoms. The highest BCUT2D eigenvalue weighted by Crippen LogP contribution is 2.23. The normalized spacial score (nSPS) is 12.7. The molecule has 2 nitrogen and oxygen atoms in total. The Bertz CT molecular complexity index is 468. The van der Waals surface area contributed by atoms with E-state index in [9.17, 15) is 8.78 Å². The molecule has 0 fully saturated rings. The van der Waals surface area contributed by atoms with Crippen molar-refractivity contribution in [2.24, 2.45) is 0 Å². The van der Waals surface area contributed by atoms with Crippen molar-refractivity contribution in [3.63, 3.8) is 0 Å². The monoisotopic (exact) mass is 223 g/mol. The van der Waals surface area contributed by atoms with E-state index in [0.29, 0.717) is 11.3 Å². The highest BCUT2D eigenvalue weighted by Gasteiger charge is 2.16. The summed E-state index contributed by atoms with van der Waals surface area (Å²) in [5.74, 6) is -1.05. The summed E-state index contributed by atoms with van der Waals surface area (Å²) in [5, 5.41) is 2.98. The highest BCUT2D eigenvalue weighted by molar-refractivity contribution is 5.27. The van der Waals surface area contributed by atoms with Crippen molar-refractivity contribution in [3.8, 4) is 0 Å². The van der Waals surface area contributed by atoms with Gasteiger partial charge in [0.1, 0.15) is 5.76 Å². The van der Waals surface area contributed by atoms with Crippen LogP contribution in [-0.4, -0.2) is 7.05 Å². The summed E-state index contributed by atoms with van der Waals surface area (Å²) in [7, 11) is 1.73. The molecule has 1 aromatic carbocycles. The van der Waals surface area contributed by atoms with Crippen LogP contribution >= 0.6 is 0 Å². The van der Waals surface area contributed by atoms with Crippen molar-refractivity contribution in [2.45, 2.75) is 6.04 Å². The minimum atomic E-state index is -0.857. The predicted octanol–water partition coefficient (Wildman–Crippen LogP) is 2.87. The van der Waals surface area contributed by atoms with Crippen LogP contribution in [0.5, 0.6) is 0 Å². The Labute approximate surface area is 91.9 Å². The number of halogens is 2. The number of nitrogens with one attached hydrogen (secondary N) is 1. The van der Waals surface area contributed by atoms with Crippen LogP contribution in [0.1, 0.15) is 17.4 Å². The average Bonchev–Trinajstić information content (AvgIpc) is 2.78. The third kappa shape index (κ3) is 1.97. The van der Waals surface area contributed by atoms with Gasteiger partial charge in [-0.1, -0.05) is 6.07 Å². The zero-order valence-electron chi connectivity index (χ0n) is 8.71. The lowest BCUT2D eigenvalue weighted by Gasteiger charge is -2.14. The third-order valence-corrected chi connectivity index (χ3v) is 2.39. The Kier molecular flexibility index (Phi) is 3.01. The van der Waals surface area contributed by atoms with Crippen LogP contribution in [0, 0.1) is 11.6 Å². The van der Waals surface area contributed by atoms with Crippen molar-refractivity contribution in [3.05, 3.63) is 59.6 Å². The van der Waals surface area contributed by atoms with Gasteiger partial charge in [-0.05, 0) is 36.9 Å². The summed E-state index contributed by atoms with van der Waals surface area (Å²) in [4.78, 5) is 0. The fourth-order valence-electron chi connectivity index (χ4n) is 1.62. The van der Waals surface area contributed by atoms with Crippen LogP contribution in [0.25, 0.3) is 0 Å². The molecule has 2 aromatic rings. The molecule has 0 aliphatic heterocycles. The van der Waals surface area contributed by atoms with Gasteiger partial charge in [-0.2, -0.15) is 0 Å². The molecule has 1 atom stereocenters. The zero-order chi connectivity index (χ0) is 11.5. The van der Waals surface area contributed by atoms with Gasteiger partial charge in [0, 0.05) is 0 Å². The highest BCUT2D eigenvalue weighted by atomic mass is 19.2. The molecule has 0 aliphatic carbocycles. The first-order chi connectivity index (χ1) is 7.72. The fraction of sp³-hybridized carbons (Fsp3) is 0.167. The molecule has 0 bridgehead atoms. The first kappa shape index (κ1) is 10.8. The van der Waals surface area contributed by atoms with Crippen molar-refractivity contribution in [1.82, 2.24) is 5.32 Å². The molecule has 0 radical (unpaired) electrons. The molecule has 1 heterocycles. The van der Waals surface area contributed by atoms with E-state index >= 15 is 0 Å². The lowest BCUT2D eigenvalue weighted by Crippen LogP contribution is -2.17. The molecule has 0 saturated heterocycles. The van der Waals surface area contributed by atoms with Crippen molar-refractivity contribution >= 4 is 0 Å². The molecule has 4 heteroatoms. The molecular formula is C12H11F2NO. The average molecular weight is 223 g/mol. The maximum Gasteiger partial charge on any atom is 0.159 e. The number of furan rings is 1. The van der Waals surface area contributed by atoms with E-state index in [0.717, 1.165) is 6.07 Å². The lowest BCUT2D eigenvalue weighted by atomic mass is 10.0. The van der Waals surface area contributed by atoms with Gasteiger partial charge in [0.05, 0.1) is 12.3 Å². The van der Waals surface area contributed by atoms with E-state index in [4.69, 9.17) is 4.42 Å². The van der Waals surface area contributed by atoms with Crippen LogP contribution in [0.15, 0.2) is 41.0 Å². The SMILES string of the molecule is CNC(c1ccc(F)c(F)c1)c1ccco1. The molecule has 1 unspecified atom stereocenters. The molecule has 84 valence electrons. The standard InChI is InChI=1S/C12H11F2NO/c1-15-12(11-3-2-6-16-11)8-4-5-9(13)10(14)7-8/h2-7,12,15H,1H3. The second-order valence-corrected chi connectivity index (χ2v) is 3.41. The van der Waals surface area contributed by atoms with Gasteiger partial charge < -0.3 is 9.73 Å². The van der Waals surface area contributed by atoms with E-state index < -0.39 is 11.6 Å². The van der Waals surface area contributed by atoms with Gasteiger partial charge >= 0.3 is 0 Å². The minimum Gasteiger partial charge on any atom is -0.467 e. The van der Waals surface area contributed by atoms with Crippen LogP contribution in [-0.2, 0) is 0 Å². The summed E-state index contributed by atoms with van der Waals surface area (Å²) in [6.07, 6.45) is 1.54. The van der Waals surface area contributed by atoms with E-state index in [1.54, 1.807) is 25.4 Å². The molecule has 0 aliphatic rings. The largest absolute Gasteiger partial charge is 0.467 e. The molecular weight excluding hydrogens is 212 g/mol. The van der Waals surface area contributed by atoms with E-state index in [1.807, 2.05) is 0 Å². The van der Waals surface area contributed by atoms with Crippen LogP contribution in [0.4, 0.5) is 8.78 Å². The Morgan fingerprint density at radius 2 is 2.00 bits per heavy atom. The van der Waals surface area contributed by atoms with Gasteiger partial charge in [0.25, 0.3) is 0 Å². The second kappa shape index (κ2) is 4.45. The smallest absolute Gasteiger partial charge is 0.159 e. The van der Waals surface area contributed by atoms with Gasteiger partial charge in [-0.25, -0.2) is 8.78 Å². The van der Waals surface area contributed by atoms with Crippen LogP contribution < -0.4 is 5.32 Å². The summed E-state index contributed by atoms with van der Waals surface area (Å²) >= 11 is 0. The first-order valence-corrected chi connectivity index (χ1v) is 4.88. The number of benzene rings is 1. The molecule has 0 saturated carbocycles. The Balaban J connectivity index is 2.37. The Morgan fingerprint density at radius 1 is 1.19 bits per heavy atom. The van der Waals surface area contributed by atoms with E-state index in [1.165, 1.54) is 12.1 Å². The maximum absolute atomic E-state index is 13.1. The van der Waals surface area contributed by atoms with Gasteiger partial charge in [0.2, 0.25) is 0 Å². The summed E-state index contributed by atoms with van der Waals surface area (Å²) in [6.45, 7) is 0. The second-order valence-electron chi connectivity index (χ2n) is 3.41. The lowest BCUT2D eigenvalue weighted by molar-refractivity contribution is 0.459. The Morgan fingerprint density at radius 3 is 2.56 bits per heavy atom. The van der Waals surface area contributed by atoms with E-state index in [2.05, 4.69) is 5.32 Å². The Hall–Kier alpha value is -1.68. The minimum absolute atomic E-state index is 0.273. The number of hydrogen-bond donors (Lipinski definition) is 1. The van der Waals surface area contributed by atoms with Crippen LogP contribution in [0.3, 0.4) is 0 Å². The van der Waals surface area contributed by atoms with Gasteiger partial charge in [-0.3, -0.25) is 0 Å².